The average molecular weight is 463 g/mol. The van der Waals surface area contributed by atoms with Gasteiger partial charge in [-0.1, -0.05) is 6.07 Å². The molecule has 3 aliphatic rings. The predicted octanol–water partition coefficient (Wildman–Crippen LogP) is 3.90. The summed E-state index contributed by atoms with van der Waals surface area (Å²) in [5.74, 6) is -2.44. The number of nitrogens with one attached hydrogen (secondary N) is 2. The highest BCUT2D eigenvalue weighted by Crippen LogP contribution is 2.44. The first-order valence-electron chi connectivity index (χ1n) is 11.9. The molecule has 3 atom stereocenters. The molecule has 1 heterocycles. The van der Waals surface area contributed by atoms with Gasteiger partial charge in [0.25, 0.3) is 0 Å². The number of rotatable bonds is 11. The normalized spacial score (nSPS) is 23.2. The average Bonchev–Trinajstić information content (AvgIpc) is 3.67. The summed E-state index contributed by atoms with van der Waals surface area (Å²) < 4.78 is 38.0. The van der Waals surface area contributed by atoms with Gasteiger partial charge in [-0.25, -0.2) is 13.8 Å². The van der Waals surface area contributed by atoms with Crippen molar-refractivity contribution < 1.29 is 23.0 Å². The fourth-order valence-corrected chi connectivity index (χ4v) is 4.37. The summed E-state index contributed by atoms with van der Waals surface area (Å²) in [6.07, 6.45) is 4.31. The number of hydrogen-bond donors (Lipinski definition) is 3. The minimum atomic E-state index is -2.62. The van der Waals surface area contributed by atoms with Gasteiger partial charge in [0.2, 0.25) is 11.8 Å². The number of imidazole rings is 1. The van der Waals surface area contributed by atoms with Gasteiger partial charge in [0.05, 0.1) is 48.0 Å². The van der Waals surface area contributed by atoms with E-state index in [1.165, 1.54) is 0 Å². The van der Waals surface area contributed by atoms with Gasteiger partial charge in [-0.3, -0.25) is 4.79 Å². The molecule has 0 spiro atoms. The minimum absolute atomic E-state index is 0.111. The van der Waals surface area contributed by atoms with Gasteiger partial charge in [0, 0.05) is 19.3 Å². The van der Waals surface area contributed by atoms with Crippen molar-refractivity contribution in [2.45, 2.75) is 88.2 Å². The fourth-order valence-electron chi connectivity index (χ4n) is 4.37. The summed E-state index contributed by atoms with van der Waals surface area (Å²) in [5.41, 5.74) is 8.85. The van der Waals surface area contributed by atoms with Crippen molar-refractivity contribution in [1.82, 2.24) is 15.3 Å². The lowest BCUT2D eigenvalue weighted by molar-refractivity contribution is -0.134. The van der Waals surface area contributed by atoms with Crippen molar-refractivity contribution in [2.75, 3.05) is 6.61 Å². The number of alkyl halides is 2. The molecule has 1 aromatic heterocycles. The van der Waals surface area contributed by atoms with Crippen LogP contribution in [0, 0.1) is 5.92 Å². The first kappa shape index (κ1) is 22.7. The highest BCUT2D eigenvalue weighted by molar-refractivity contribution is 5.78. The van der Waals surface area contributed by atoms with E-state index in [1.54, 1.807) is 0 Å². The molecule has 1 aromatic carbocycles. The number of fused-ring (bicyclic) bond motifs is 1. The van der Waals surface area contributed by atoms with Crippen LogP contribution in [0.2, 0.25) is 0 Å². The number of ether oxygens (including phenoxy) is 2. The Balaban J connectivity index is 1.27. The van der Waals surface area contributed by atoms with Crippen molar-refractivity contribution in [1.29, 1.82) is 0 Å². The van der Waals surface area contributed by atoms with Gasteiger partial charge < -0.3 is 25.5 Å². The van der Waals surface area contributed by atoms with Crippen LogP contribution in [0.3, 0.4) is 0 Å². The lowest BCUT2D eigenvalue weighted by atomic mass is 9.79. The van der Waals surface area contributed by atoms with Crippen LogP contribution in [-0.2, 0) is 14.3 Å². The molecule has 180 valence electrons. The van der Waals surface area contributed by atoms with Gasteiger partial charge in [-0.15, -0.1) is 0 Å². The maximum Gasteiger partial charge on any atom is 0.248 e. The van der Waals surface area contributed by atoms with Crippen LogP contribution in [0.5, 0.6) is 0 Å². The van der Waals surface area contributed by atoms with Crippen molar-refractivity contribution in [3.63, 3.8) is 0 Å². The number of nitrogens with zero attached hydrogens (tertiary/aromatic N) is 1. The zero-order valence-corrected chi connectivity index (χ0v) is 18.9. The van der Waals surface area contributed by atoms with Gasteiger partial charge in [-0.2, -0.15) is 0 Å². The maximum atomic E-state index is 13.1. The second-order valence-corrected chi connectivity index (χ2v) is 9.95. The third-order valence-corrected chi connectivity index (χ3v) is 6.69. The number of benzene rings is 1. The van der Waals surface area contributed by atoms with Crippen LogP contribution in [0.1, 0.15) is 75.3 Å². The van der Waals surface area contributed by atoms with Crippen LogP contribution in [0.4, 0.5) is 8.78 Å². The van der Waals surface area contributed by atoms with E-state index in [2.05, 4.69) is 15.3 Å². The standard InChI is InChI=1S/C24H32F2N4O3/c1-13(33-17-5-6-17)22(27)23-29-18-7-2-15(9-19(18)30-23)20(12-32-16-3-4-16)28-21(31)8-14-10-24(25,26)11-14/h2,7,9,13-14,16-17,20,22H,3-6,8,10-12,27H2,1H3,(H,28,31)(H,29,30)/t13-,20-,22+/m1/s1. The molecule has 4 N–H and O–H groups in total. The Morgan fingerprint density at radius 3 is 2.67 bits per heavy atom. The third kappa shape index (κ3) is 5.70. The van der Waals surface area contributed by atoms with Crippen LogP contribution >= 0.6 is 0 Å². The zero-order valence-electron chi connectivity index (χ0n) is 18.9. The zero-order chi connectivity index (χ0) is 23.2. The van der Waals surface area contributed by atoms with E-state index in [4.69, 9.17) is 15.2 Å². The number of aromatic nitrogens is 2. The largest absolute Gasteiger partial charge is 0.376 e. The molecule has 7 nitrogen and oxygen atoms in total. The second kappa shape index (κ2) is 8.92. The first-order chi connectivity index (χ1) is 15.8. The van der Waals surface area contributed by atoms with Crippen molar-refractivity contribution in [2.24, 2.45) is 11.7 Å². The van der Waals surface area contributed by atoms with Crippen molar-refractivity contribution in [3.05, 3.63) is 29.6 Å². The summed E-state index contributed by atoms with van der Waals surface area (Å²) in [7, 11) is 0. The van der Waals surface area contributed by atoms with E-state index in [9.17, 15) is 13.6 Å². The number of H-pyrrole nitrogens is 1. The van der Waals surface area contributed by atoms with Gasteiger partial charge in [0.15, 0.2) is 0 Å². The lowest BCUT2D eigenvalue weighted by Gasteiger charge is -2.34. The molecule has 0 saturated heterocycles. The van der Waals surface area contributed by atoms with E-state index in [1.807, 2.05) is 25.1 Å². The molecule has 5 rings (SSSR count). The van der Waals surface area contributed by atoms with E-state index in [-0.39, 0.29) is 55.4 Å². The monoisotopic (exact) mass is 462 g/mol. The Morgan fingerprint density at radius 2 is 2.00 bits per heavy atom. The molecule has 0 unspecified atom stereocenters. The predicted molar refractivity (Wildman–Crippen MR) is 119 cm³/mol. The van der Waals surface area contributed by atoms with Gasteiger partial charge >= 0.3 is 0 Å². The molecule has 3 saturated carbocycles. The highest BCUT2D eigenvalue weighted by Gasteiger charge is 2.45. The topological polar surface area (TPSA) is 102 Å². The first-order valence-corrected chi connectivity index (χ1v) is 11.9. The SMILES string of the molecule is C[C@@H](OC1CC1)[C@H](N)c1nc2ccc([C@@H](COC3CC3)NC(=O)CC3CC(F)(F)C3)cc2[nH]1. The Kier molecular flexibility index (Phi) is 6.13. The van der Waals surface area contributed by atoms with E-state index in [0.717, 1.165) is 42.3 Å². The Bertz CT molecular complexity index is 997. The second-order valence-electron chi connectivity index (χ2n) is 9.95. The smallest absolute Gasteiger partial charge is 0.248 e. The lowest BCUT2D eigenvalue weighted by Crippen LogP contribution is -2.40. The number of carbonyl (C=O) groups is 1. The van der Waals surface area contributed by atoms with E-state index < -0.39 is 5.92 Å². The maximum absolute atomic E-state index is 13.1. The van der Waals surface area contributed by atoms with E-state index >= 15 is 0 Å². The van der Waals surface area contributed by atoms with Crippen molar-refractivity contribution >= 4 is 16.9 Å². The number of aromatic amines is 1. The molecule has 1 amide bonds. The summed E-state index contributed by atoms with van der Waals surface area (Å²) in [4.78, 5) is 20.5. The molecule has 3 fully saturated rings. The molecule has 3 aliphatic carbocycles. The Hall–Kier alpha value is -2.10. The molecular formula is C24H32F2N4O3. The van der Waals surface area contributed by atoms with Crippen LogP contribution in [-0.4, -0.2) is 46.7 Å². The number of hydrogen-bond acceptors (Lipinski definition) is 5. The fraction of sp³-hybridized carbons (Fsp3) is 0.667. The quantitative estimate of drug-likeness (QED) is 0.470. The van der Waals surface area contributed by atoms with Crippen LogP contribution in [0.15, 0.2) is 18.2 Å². The van der Waals surface area contributed by atoms with Gasteiger partial charge in [0.1, 0.15) is 5.82 Å². The molecule has 33 heavy (non-hydrogen) atoms. The summed E-state index contributed by atoms with van der Waals surface area (Å²) in [6, 6.07) is 5.04. The van der Waals surface area contributed by atoms with Gasteiger partial charge in [-0.05, 0) is 56.2 Å². The summed E-state index contributed by atoms with van der Waals surface area (Å²) in [6.45, 7) is 2.30. The van der Waals surface area contributed by atoms with Crippen molar-refractivity contribution in [3.8, 4) is 0 Å². The molecule has 0 aliphatic heterocycles. The van der Waals surface area contributed by atoms with Crippen LogP contribution < -0.4 is 11.1 Å². The van der Waals surface area contributed by atoms with E-state index in [0.29, 0.717) is 18.5 Å². The molecular weight excluding hydrogens is 430 g/mol. The third-order valence-electron chi connectivity index (χ3n) is 6.69. The number of halogens is 2. The summed E-state index contributed by atoms with van der Waals surface area (Å²) in [5, 5.41) is 3.00. The minimum Gasteiger partial charge on any atom is -0.376 e. The molecule has 2 aromatic rings. The summed E-state index contributed by atoms with van der Waals surface area (Å²) >= 11 is 0. The van der Waals surface area contributed by atoms with Crippen LogP contribution in [0.25, 0.3) is 11.0 Å². The molecule has 9 heteroatoms. The number of nitrogens with two attached hydrogens (primary N) is 1. The molecule has 0 bridgehead atoms. The number of amides is 1. The Morgan fingerprint density at radius 1 is 1.27 bits per heavy atom. The highest BCUT2D eigenvalue weighted by atomic mass is 19.3. The molecule has 0 radical (unpaired) electrons. The number of carbonyl (C=O) groups excluding carboxylic acids is 1. The Labute approximate surface area is 191 Å².